The molecule has 7 heteroatoms. The highest BCUT2D eigenvalue weighted by atomic mass is 32.2. The van der Waals surface area contributed by atoms with Gasteiger partial charge in [-0.1, -0.05) is 0 Å². The highest BCUT2D eigenvalue weighted by molar-refractivity contribution is 7.89. The summed E-state index contributed by atoms with van der Waals surface area (Å²) in [6.07, 6.45) is 1.64. The predicted molar refractivity (Wildman–Crippen MR) is 76.0 cm³/mol. The second kappa shape index (κ2) is 5.82. The molecule has 6 nitrogen and oxygen atoms in total. The number of ether oxygens (including phenoxy) is 2. The third-order valence-corrected chi connectivity index (χ3v) is 5.75. The van der Waals surface area contributed by atoms with E-state index in [9.17, 15) is 13.5 Å². The van der Waals surface area contributed by atoms with E-state index in [2.05, 4.69) is 0 Å². The first-order valence-corrected chi connectivity index (χ1v) is 8.56. The number of rotatable bonds is 3. The molecule has 0 amide bonds. The van der Waals surface area contributed by atoms with Crippen LogP contribution in [0.2, 0.25) is 0 Å². The van der Waals surface area contributed by atoms with Gasteiger partial charge in [0.25, 0.3) is 0 Å². The van der Waals surface area contributed by atoms with Crippen LogP contribution >= 0.6 is 0 Å². The normalized spacial score (nSPS) is 23.0. The Morgan fingerprint density at radius 1 is 1.24 bits per heavy atom. The Hall–Kier alpha value is -1.31. The number of hydrogen-bond donors (Lipinski definition) is 1. The number of aliphatic hydroxyl groups is 1. The first kappa shape index (κ1) is 14.6. The molecular formula is C14H19NO5S. The van der Waals surface area contributed by atoms with Gasteiger partial charge >= 0.3 is 0 Å². The average molecular weight is 313 g/mol. The minimum atomic E-state index is -3.55. The summed E-state index contributed by atoms with van der Waals surface area (Å²) in [7, 11) is -3.55. The van der Waals surface area contributed by atoms with Gasteiger partial charge < -0.3 is 14.6 Å². The van der Waals surface area contributed by atoms with E-state index in [4.69, 9.17) is 9.47 Å². The minimum absolute atomic E-state index is 0.0192. The van der Waals surface area contributed by atoms with Crippen LogP contribution in [0.1, 0.15) is 12.8 Å². The average Bonchev–Trinajstić information content (AvgIpc) is 2.54. The van der Waals surface area contributed by atoms with E-state index in [1.54, 1.807) is 12.1 Å². The van der Waals surface area contributed by atoms with Gasteiger partial charge in [-0.05, 0) is 30.9 Å². The Morgan fingerprint density at radius 2 is 2.00 bits per heavy atom. The van der Waals surface area contributed by atoms with Crippen molar-refractivity contribution in [3.63, 3.8) is 0 Å². The molecule has 0 radical (unpaired) electrons. The minimum Gasteiger partial charge on any atom is -0.486 e. The van der Waals surface area contributed by atoms with Crippen molar-refractivity contribution in [1.82, 2.24) is 4.31 Å². The van der Waals surface area contributed by atoms with E-state index >= 15 is 0 Å². The van der Waals surface area contributed by atoms with Crippen molar-refractivity contribution in [2.24, 2.45) is 5.92 Å². The van der Waals surface area contributed by atoms with Crippen LogP contribution in [0.5, 0.6) is 11.5 Å². The molecule has 1 N–H and O–H groups in total. The summed E-state index contributed by atoms with van der Waals surface area (Å²) in [4.78, 5) is 0.213. The van der Waals surface area contributed by atoms with Crippen molar-refractivity contribution in [3.05, 3.63) is 18.2 Å². The standard InChI is InChI=1S/C14H19NO5S/c16-10-11-2-1-5-15(9-11)21(17,18)12-3-4-13-14(8-12)20-7-6-19-13/h3-4,8,11,16H,1-2,5-7,9-10H2. The Balaban J connectivity index is 1.87. The fourth-order valence-electron chi connectivity index (χ4n) is 2.73. The lowest BCUT2D eigenvalue weighted by molar-refractivity contribution is 0.165. The monoisotopic (exact) mass is 313 g/mol. The van der Waals surface area contributed by atoms with E-state index < -0.39 is 10.0 Å². The fourth-order valence-corrected chi connectivity index (χ4v) is 4.30. The lowest BCUT2D eigenvalue weighted by Crippen LogP contribution is -2.40. The van der Waals surface area contributed by atoms with Gasteiger partial charge in [-0.3, -0.25) is 0 Å². The van der Waals surface area contributed by atoms with Crippen LogP contribution in [0.25, 0.3) is 0 Å². The molecule has 0 saturated carbocycles. The van der Waals surface area contributed by atoms with Gasteiger partial charge in [-0.2, -0.15) is 4.31 Å². The largest absolute Gasteiger partial charge is 0.486 e. The van der Waals surface area contributed by atoms with Gasteiger partial charge in [-0.25, -0.2) is 8.42 Å². The molecule has 2 aliphatic rings. The molecule has 1 aromatic carbocycles. The first-order valence-electron chi connectivity index (χ1n) is 7.12. The fraction of sp³-hybridized carbons (Fsp3) is 0.571. The highest BCUT2D eigenvalue weighted by Crippen LogP contribution is 2.33. The molecule has 0 bridgehead atoms. The second-order valence-corrected chi connectivity index (χ2v) is 7.30. The molecule has 1 saturated heterocycles. The molecule has 2 aliphatic heterocycles. The molecule has 21 heavy (non-hydrogen) atoms. The van der Waals surface area contributed by atoms with E-state index in [0.717, 1.165) is 12.8 Å². The lowest BCUT2D eigenvalue weighted by Gasteiger charge is -2.31. The zero-order chi connectivity index (χ0) is 14.9. The van der Waals surface area contributed by atoms with Gasteiger partial charge in [0.1, 0.15) is 13.2 Å². The van der Waals surface area contributed by atoms with E-state index in [1.807, 2.05) is 0 Å². The molecular weight excluding hydrogens is 294 g/mol. The number of aliphatic hydroxyl groups excluding tert-OH is 1. The number of sulfonamides is 1. The van der Waals surface area contributed by atoms with Crippen LogP contribution in [0.15, 0.2) is 23.1 Å². The molecule has 2 heterocycles. The molecule has 1 fully saturated rings. The summed E-state index contributed by atoms with van der Waals surface area (Å²) in [6.45, 7) is 1.78. The summed E-state index contributed by atoms with van der Waals surface area (Å²) in [5.41, 5.74) is 0. The maximum atomic E-state index is 12.7. The van der Waals surface area contributed by atoms with Crippen molar-refractivity contribution in [2.45, 2.75) is 17.7 Å². The van der Waals surface area contributed by atoms with Crippen molar-refractivity contribution in [1.29, 1.82) is 0 Å². The van der Waals surface area contributed by atoms with Gasteiger partial charge in [0, 0.05) is 25.8 Å². The Bertz CT molecular complexity index is 616. The number of hydrogen-bond acceptors (Lipinski definition) is 5. The summed E-state index contributed by atoms with van der Waals surface area (Å²) in [5, 5.41) is 9.25. The van der Waals surface area contributed by atoms with Gasteiger partial charge in [-0.15, -0.1) is 0 Å². The zero-order valence-corrected chi connectivity index (χ0v) is 12.5. The van der Waals surface area contributed by atoms with Gasteiger partial charge in [0.05, 0.1) is 4.90 Å². The van der Waals surface area contributed by atoms with Crippen LogP contribution in [-0.4, -0.2) is 50.7 Å². The summed E-state index contributed by atoms with van der Waals surface area (Å²) in [5.74, 6) is 1.07. The highest BCUT2D eigenvalue weighted by Gasteiger charge is 2.30. The summed E-state index contributed by atoms with van der Waals surface area (Å²) >= 11 is 0. The van der Waals surface area contributed by atoms with Crippen LogP contribution in [0, 0.1) is 5.92 Å². The van der Waals surface area contributed by atoms with E-state index in [-0.39, 0.29) is 17.4 Å². The van der Waals surface area contributed by atoms with Crippen molar-refractivity contribution in [2.75, 3.05) is 32.9 Å². The van der Waals surface area contributed by atoms with Crippen molar-refractivity contribution < 1.29 is 23.0 Å². The number of piperidine rings is 1. The van der Waals surface area contributed by atoms with Crippen LogP contribution in [0.4, 0.5) is 0 Å². The Labute approximate surface area is 124 Å². The third kappa shape index (κ3) is 2.86. The lowest BCUT2D eigenvalue weighted by atomic mass is 10.0. The number of fused-ring (bicyclic) bond motifs is 1. The maximum absolute atomic E-state index is 12.7. The number of nitrogens with zero attached hydrogens (tertiary/aromatic N) is 1. The van der Waals surface area contributed by atoms with E-state index in [1.165, 1.54) is 10.4 Å². The van der Waals surface area contributed by atoms with Crippen molar-refractivity contribution in [3.8, 4) is 11.5 Å². The van der Waals surface area contributed by atoms with Crippen LogP contribution in [0.3, 0.4) is 0 Å². The smallest absolute Gasteiger partial charge is 0.243 e. The topological polar surface area (TPSA) is 76.1 Å². The van der Waals surface area contributed by atoms with Gasteiger partial charge in [0.15, 0.2) is 11.5 Å². The molecule has 0 spiro atoms. The number of benzene rings is 1. The van der Waals surface area contributed by atoms with Gasteiger partial charge in [0.2, 0.25) is 10.0 Å². The Morgan fingerprint density at radius 3 is 2.76 bits per heavy atom. The molecule has 1 aromatic rings. The first-order chi connectivity index (χ1) is 10.1. The predicted octanol–water partition coefficient (Wildman–Crippen LogP) is 0.851. The summed E-state index contributed by atoms with van der Waals surface area (Å²) < 4.78 is 37.7. The molecule has 0 aliphatic carbocycles. The summed E-state index contributed by atoms with van der Waals surface area (Å²) in [6, 6.07) is 4.70. The van der Waals surface area contributed by atoms with Crippen LogP contribution < -0.4 is 9.47 Å². The molecule has 3 rings (SSSR count). The quantitative estimate of drug-likeness (QED) is 0.895. The second-order valence-electron chi connectivity index (χ2n) is 5.36. The zero-order valence-electron chi connectivity index (χ0n) is 11.7. The molecule has 0 aromatic heterocycles. The SMILES string of the molecule is O=S(=O)(c1ccc2c(c1)OCCO2)N1CCCC(CO)C1. The molecule has 1 atom stereocenters. The third-order valence-electron chi connectivity index (χ3n) is 3.89. The van der Waals surface area contributed by atoms with Crippen LogP contribution in [-0.2, 0) is 10.0 Å². The molecule has 1 unspecified atom stereocenters. The van der Waals surface area contributed by atoms with Crippen molar-refractivity contribution >= 4 is 10.0 Å². The van der Waals surface area contributed by atoms with E-state index in [0.29, 0.717) is 37.8 Å². The maximum Gasteiger partial charge on any atom is 0.243 e. The molecule has 116 valence electrons. The Kier molecular flexibility index (Phi) is 4.05.